The minimum absolute atomic E-state index is 0.236. The highest BCUT2D eigenvalue weighted by molar-refractivity contribution is 5.71. The Hall–Kier alpha value is -3.36. The molecule has 9 nitrogen and oxygen atoms in total. The molecule has 3 rings (SSSR count). The summed E-state index contributed by atoms with van der Waals surface area (Å²) in [6, 6.07) is 0. The molecule has 0 aliphatic rings. The maximum atomic E-state index is 10.5. The monoisotopic (exact) mass is 325 g/mol. The number of carbonyl (C=O) groups is 1. The molecule has 3 heterocycles. The Morgan fingerprint density at radius 1 is 1.12 bits per heavy atom. The van der Waals surface area contributed by atoms with Gasteiger partial charge in [0.15, 0.2) is 0 Å². The van der Waals surface area contributed by atoms with Gasteiger partial charge < -0.3 is 15.0 Å². The average Bonchev–Trinajstić information content (AvgIpc) is 3.03. The van der Waals surface area contributed by atoms with E-state index in [0.717, 1.165) is 17.0 Å². The number of rotatable bonds is 6. The fourth-order valence-electron chi connectivity index (χ4n) is 2.06. The molecule has 3 aromatic rings. The lowest BCUT2D eigenvalue weighted by Gasteiger charge is -2.08. The molecule has 0 spiro atoms. The lowest BCUT2D eigenvalue weighted by atomic mass is 10.3. The molecular weight excluding hydrogens is 310 g/mol. The molecule has 0 aliphatic heterocycles. The van der Waals surface area contributed by atoms with Crippen molar-refractivity contribution in [3.8, 4) is 11.4 Å². The summed E-state index contributed by atoms with van der Waals surface area (Å²) in [5, 5.41) is 11.2. The zero-order chi connectivity index (χ0) is 16.9. The zero-order valence-corrected chi connectivity index (χ0v) is 12.9. The molecule has 0 fully saturated rings. The standard InChI is InChI=1S/C15H15N7O2/c1-10-4-18-12(7-17-10)9-22-3-2-16-14(22)11-5-19-15(20-6-11)21-8-13(23)24/h2-7H,8-9H2,1H3,(H,23,24)(H,19,20,21). The van der Waals surface area contributed by atoms with Gasteiger partial charge in [0.1, 0.15) is 12.4 Å². The summed E-state index contributed by atoms with van der Waals surface area (Å²) in [5.74, 6) is -0.0248. The van der Waals surface area contributed by atoms with E-state index in [-0.39, 0.29) is 12.5 Å². The minimum atomic E-state index is -0.975. The molecule has 122 valence electrons. The Bertz CT molecular complexity index is 828. The fraction of sp³-hybridized carbons (Fsp3) is 0.200. The third-order valence-electron chi connectivity index (χ3n) is 3.19. The number of nitrogens with one attached hydrogen (secondary N) is 1. The van der Waals surface area contributed by atoms with Gasteiger partial charge in [-0.2, -0.15) is 0 Å². The number of aryl methyl sites for hydroxylation is 1. The summed E-state index contributed by atoms with van der Waals surface area (Å²) in [6.45, 7) is 2.18. The molecule has 0 atom stereocenters. The Morgan fingerprint density at radius 2 is 1.92 bits per heavy atom. The van der Waals surface area contributed by atoms with Gasteiger partial charge in [-0.25, -0.2) is 15.0 Å². The summed E-state index contributed by atoms with van der Waals surface area (Å²) in [7, 11) is 0. The molecular formula is C15H15N7O2. The van der Waals surface area contributed by atoms with E-state index in [0.29, 0.717) is 12.4 Å². The summed E-state index contributed by atoms with van der Waals surface area (Å²) in [6.07, 6.45) is 10.2. The molecule has 2 N–H and O–H groups in total. The predicted molar refractivity (Wildman–Crippen MR) is 85.2 cm³/mol. The molecule has 0 aromatic carbocycles. The van der Waals surface area contributed by atoms with Crippen molar-refractivity contribution in [2.45, 2.75) is 13.5 Å². The molecule has 0 bridgehead atoms. The molecule has 0 saturated heterocycles. The van der Waals surface area contributed by atoms with Crippen molar-refractivity contribution in [1.29, 1.82) is 0 Å². The van der Waals surface area contributed by atoms with Crippen molar-refractivity contribution in [2.24, 2.45) is 0 Å². The third kappa shape index (κ3) is 3.69. The SMILES string of the molecule is Cc1cnc(Cn2ccnc2-c2cnc(NCC(=O)O)nc2)cn1. The molecule has 0 amide bonds. The third-order valence-corrected chi connectivity index (χ3v) is 3.19. The van der Waals surface area contributed by atoms with Gasteiger partial charge in [0.25, 0.3) is 0 Å². The van der Waals surface area contributed by atoms with E-state index in [1.165, 1.54) is 0 Å². The fourth-order valence-corrected chi connectivity index (χ4v) is 2.06. The van der Waals surface area contributed by atoms with Gasteiger partial charge in [-0.15, -0.1) is 0 Å². The van der Waals surface area contributed by atoms with Crippen LogP contribution in [-0.4, -0.2) is 47.1 Å². The second-order valence-corrected chi connectivity index (χ2v) is 5.07. The number of aromatic nitrogens is 6. The van der Waals surface area contributed by atoms with Gasteiger partial charge in [0.05, 0.1) is 29.7 Å². The summed E-state index contributed by atoms with van der Waals surface area (Å²) >= 11 is 0. The van der Waals surface area contributed by atoms with Gasteiger partial charge in [0, 0.05) is 31.0 Å². The van der Waals surface area contributed by atoms with Crippen LogP contribution < -0.4 is 5.32 Å². The van der Waals surface area contributed by atoms with E-state index in [9.17, 15) is 4.79 Å². The molecule has 0 saturated carbocycles. The predicted octanol–water partition coefficient (Wildman–Crippen LogP) is 0.983. The number of aliphatic carboxylic acids is 1. The maximum absolute atomic E-state index is 10.5. The first kappa shape index (κ1) is 15.5. The van der Waals surface area contributed by atoms with Crippen LogP contribution in [0, 0.1) is 6.92 Å². The van der Waals surface area contributed by atoms with Crippen LogP contribution in [0.2, 0.25) is 0 Å². The molecule has 9 heteroatoms. The van der Waals surface area contributed by atoms with Crippen molar-refractivity contribution in [3.63, 3.8) is 0 Å². The molecule has 0 radical (unpaired) electrons. The average molecular weight is 325 g/mol. The van der Waals surface area contributed by atoms with Gasteiger partial charge in [0.2, 0.25) is 5.95 Å². The highest BCUT2D eigenvalue weighted by atomic mass is 16.4. The van der Waals surface area contributed by atoms with Crippen LogP contribution in [0.1, 0.15) is 11.4 Å². The molecule has 3 aromatic heterocycles. The van der Waals surface area contributed by atoms with Crippen molar-refractivity contribution in [2.75, 3.05) is 11.9 Å². The lowest BCUT2D eigenvalue weighted by Crippen LogP contribution is -2.14. The first-order valence-electron chi connectivity index (χ1n) is 7.18. The number of anilines is 1. The van der Waals surface area contributed by atoms with Crippen LogP contribution in [0.4, 0.5) is 5.95 Å². The number of hydrogen-bond donors (Lipinski definition) is 2. The van der Waals surface area contributed by atoms with E-state index in [4.69, 9.17) is 5.11 Å². The smallest absolute Gasteiger partial charge is 0.322 e. The van der Waals surface area contributed by atoms with Gasteiger partial charge in [-0.3, -0.25) is 14.8 Å². The number of hydrogen-bond acceptors (Lipinski definition) is 7. The van der Waals surface area contributed by atoms with E-state index in [1.54, 1.807) is 31.0 Å². The quantitative estimate of drug-likeness (QED) is 0.688. The molecule has 24 heavy (non-hydrogen) atoms. The lowest BCUT2D eigenvalue weighted by molar-refractivity contribution is -0.134. The Labute approximate surface area is 137 Å². The van der Waals surface area contributed by atoms with Crippen LogP contribution >= 0.6 is 0 Å². The number of imidazole rings is 1. The second-order valence-electron chi connectivity index (χ2n) is 5.07. The Morgan fingerprint density at radius 3 is 2.58 bits per heavy atom. The number of carboxylic acid groups (broad SMARTS) is 1. The van der Waals surface area contributed by atoms with Crippen LogP contribution in [-0.2, 0) is 11.3 Å². The summed E-state index contributed by atoms with van der Waals surface area (Å²) in [4.78, 5) is 31.6. The highest BCUT2D eigenvalue weighted by Crippen LogP contribution is 2.17. The minimum Gasteiger partial charge on any atom is -0.480 e. The number of carboxylic acids is 1. The maximum Gasteiger partial charge on any atom is 0.322 e. The van der Waals surface area contributed by atoms with E-state index in [1.807, 2.05) is 17.7 Å². The largest absolute Gasteiger partial charge is 0.480 e. The van der Waals surface area contributed by atoms with Gasteiger partial charge in [-0.05, 0) is 6.92 Å². The van der Waals surface area contributed by atoms with Crippen molar-refractivity contribution < 1.29 is 9.90 Å². The Balaban J connectivity index is 1.77. The van der Waals surface area contributed by atoms with Crippen molar-refractivity contribution in [3.05, 3.63) is 48.6 Å². The van der Waals surface area contributed by atoms with E-state index < -0.39 is 5.97 Å². The molecule has 0 unspecified atom stereocenters. The van der Waals surface area contributed by atoms with Crippen LogP contribution in [0.5, 0.6) is 0 Å². The van der Waals surface area contributed by atoms with Crippen molar-refractivity contribution >= 4 is 11.9 Å². The Kier molecular flexibility index (Phi) is 4.41. The summed E-state index contributed by atoms with van der Waals surface area (Å²) in [5.41, 5.74) is 2.41. The first-order chi connectivity index (χ1) is 11.6. The number of nitrogens with zero attached hydrogens (tertiary/aromatic N) is 6. The zero-order valence-electron chi connectivity index (χ0n) is 12.9. The van der Waals surface area contributed by atoms with Crippen LogP contribution in [0.3, 0.4) is 0 Å². The topological polar surface area (TPSA) is 119 Å². The molecule has 0 aliphatic carbocycles. The highest BCUT2D eigenvalue weighted by Gasteiger charge is 2.09. The van der Waals surface area contributed by atoms with Crippen LogP contribution in [0.25, 0.3) is 11.4 Å². The second kappa shape index (κ2) is 6.82. The van der Waals surface area contributed by atoms with E-state index in [2.05, 4.69) is 30.2 Å². The van der Waals surface area contributed by atoms with Gasteiger partial charge in [-0.1, -0.05) is 0 Å². The van der Waals surface area contributed by atoms with Gasteiger partial charge >= 0.3 is 5.97 Å². The first-order valence-corrected chi connectivity index (χ1v) is 7.18. The summed E-state index contributed by atoms with van der Waals surface area (Å²) < 4.78 is 1.92. The normalized spacial score (nSPS) is 10.5. The van der Waals surface area contributed by atoms with Crippen LogP contribution in [0.15, 0.2) is 37.2 Å². The van der Waals surface area contributed by atoms with E-state index >= 15 is 0 Å². The van der Waals surface area contributed by atoms with Crippen molar-refractivity contribution in [1.82, 2.24) is 29.5 Å².